The van der Waals surface area contributed by atoms with Gasteiger partial charge in [0.25, 0.3) is 0 Å². The average molecular weight is 332 g/mol. The molecule has 0 aromatic rings. The lowest BCUT2D eigenvalue weighted by atomic mass is 9.99. The first-order valence-corrected chi connectivity index (χ1v) is 9.73. The fraction of sp³-hybridized carbons (Fsp3) is 0.938. The monoisotopic (exact) mass is 331 g/mol. The highest BCUT2D eigenvalue weighted by Gasteiger charge is 2.19. The second-order valence-electron chi connectivity index (χ2n) is 7.22. The summed E-state index contributed by atoms with van der Waals surface area (Å²) < 4.78 is 11.6. The van der Waals surface area contributed by atoms with E-state index in [4.69, 9.17) is 0 Å². The molecule has 1 atom stereocenters. The Morgan fingerprint density at radius 2 is 1.77 bits per heavy atom. The number of nitrogens with zero attached hydrogens (tertiary/aromatic N) is 1. The molecule has 2 N–H and O–H groups in total. The fourth-order valence-electron chi connectivity index (χ4n) is 2.42. The van der Waals surface area contributed by atoms with Crippen LogP contribution in [0.4, 0.5) is 4.79 Å². The average Bonchev–Trinajstić information content (AvgIpc) is 2.44. The molecule has 0 aromatic heterocycles. The van der Waals surface area contributed by atoms with Crippen LogP contribution in [-0.4, -0.2) is 58.4 Å². The molecule has 1 aliphatic heterocycles. The Balaban J connectivity index is 2.01. The molecular weight excluding hydrogens is 298 g/mol. The van der Waals surface area contributed by atoms with Gasteiger partial charge in [0.2, 0.25) is 0 Å². The second-order valence-corrected chi connectivity index (χ2v) is 9.55. The quantitative estimate of drug-likeness (QED) is 0.701. The number of hydrogen-bond donors (Lipinski definition) is 2. The zero-order valence-electron chi connectivity index (χ0n) is 14.6. The zero-order valence-corrected chi connectivity index (χ0v) is 15.4. The molecule has 22 heavy (non-hydrogen) atoms. The lowest BCUT2D eigenvalue weighted by Crippen LogP contribution is -2.40. The van der Waals surface area contributed by atoms with Crippen LogP contribution in [0.25, 0.3) is 0 Å². The Morgan fingerprint density at radius 1 is 1.18 bits per heavy atom. The van der Waals surface area contributed by atoms with Crippen LogP contribution in [-0.2, 0) is 10.8 Å². The van der Waals surface area contributed by atoms with Crippen LogP contribution in [0, 0.1) is 5.92 Å². The summed E-state index contributed by atoms with van der Waals surface area (Å²) in [4.78, 5) is 14.1. The summed E-state index contributed by atoms with van der Waals surface area (Å²) in [5.41, 5.74) is 0. The Morgan fingerprint density at radius 3 is 2.36 bits per heavy atom. The predicted octanol–water partition coefficient (Wildman–Crippen LogP) is 1.95. The molecule has 0 aromatic carbocycles. The minimum Gasteiger partial charge on any atom is -0.338 e. The van der Waals surface area contributed by atoms with E-state index in [1.807, 2.05) is 20.8 Å². The van der Waals surface area contributed by atoms with Crippen molar-refractivity contribution in [3.05, 3.63) is 0 Å². The third-order valence-electron chi connectivity index (χ3n) is 4.07. The summed E-state index contributed by atoms with van der Waals surface area (Å²) >= 11 is 0. The molecular formula is C16H33N3O2S. The number of piperidine rings is 1. The van der Waals surface area contributed by atoms with Gasteiger partial charge in [-0.2, -0.15) is 0 Å². The first-order valence-electron chi connectivity index (χ1n) is 8.41. The molecule has 0 unspecified atom stereocenters. The second kappa shape index (κ2) is 9.50. The van der Waals surface area contributed by atoms with Gasteiger partial charge in [-0.3, -0.25) is 4.21 Å². The van der Waals surface area contributed by atoms with E-state index in [2.05, 4.69) is 22.5 Å². The van der Waals surface area contributed by atoms with Crippen LogP contribution in [0.2, 0.25) is 0 Å². The normalized spacial score (nSPS) is 18.9. The zero-order chi connectivity index (χ0) is 16.6. The van der Waals surface area contributed by atoms with Gasteiger partial charge < -0.3 is 15.5 Å². The topological polar surface area (TPSA) is 61.4 Å². The Kier molecular flexibility index (Phi) is 8.39. The molecule has 0 aliphatic carbocycles. The van der Waals surface area contributed by atoms with Gasteiger partial charge in [0.05, 0.1) is 0 Å². The van der Waals surface area contributed by atoms with Gasteiger partial charge in [0.1, 0.15) is 0 Å². The summed E-state index contributed by atoms with van der Waals surface area (Å²) in [5, 5.41) is 5.64. The number of urea groups is 1. The maximum atomic E-state index is 11.8. The molecule has 1 heterocycles. The van der Waals surface area contributed by atoms with Crippen molar-refractivity contribution in [2.24, 2.45) is 5.92 Å². The number of nitrogens with one attached hydrogen (secondary N) is 2. The smallest absolute Gasteiger partial charge is 0.314 e. The third-order valence-corrected chi connectivity index (χ3v) is 6.01. The molecule has 0 saturated carbocycles. The minimum absolute atomic E-state index is 0.154. The largest absolute Gasteiger partial charge is 0.338 e. The highest BCUT2D eigenvalue weighted by Crippen LogP contribution is 2.15. The minimum atomic E-state index is -0.917. The van der Waals surface area contributed by atoms with E-state index in [0.29, 0.717) is 18.8 Å². The van der Waals surface area contributed by atoms with Crippen molar-refractivity contribution in [1.29, 1.82) is 0 Å². The summed E-state index contributed by atoms with van der Waals surface area (Å²) in [7, 11) is -0.917. The molecule has 6 heteroatoms. The van der Waals surface area contributed by atoms with Crippen LogP contribution in [0.5, 0.6) is 0 Å². The van der Waals surface area contributed by atoms with Crippen molar-refractivity contribution in [3.8, 4) is 0 Å². The molecule has 1 saturated heterocycles. The van der Waals surface area contributed by atoms with Crippen molar-refractivity contribution >= 4 is 16.8 Å². The number of carbonyl (C=O) groups is 1. The molecule has 5 nitrogen and oxygen atoms in total. The van der Waals surface area contributed by atoms with E-state index in [1.54, 1.807) is 0 Å². The summed E-state index contributed by atoms with van der Waals surface area (Å²) in [5.74, 6) is 1.36. The van der Waals surface area contributed by atoms with Gasteiger partial charge in [0.15, 0.2) is 0 Å². The predicted molar refractivity (Wildman–Crippen MR) is 93.6 cm³/mol. The van der Waals surface area contributed by atoms with Gasteiger partial charge in [-0.25, -0.2) is 4.79 Å². The summed E-state index contributed by atoms with van der Waals surface area (Å²) in [6.07, 6.45) is 3.56. The lowest BCUT2D eigenvalue weighted by molar-refractivity contribution is 0.190. The van der Waals surface area contributed by atoms with E-state index in [1.165, 1.54) is 25.9 Å². The third kappa shape index (κ3) is 8.13. The van der Waals surface area contributed by atoms with Crippen LogP contribution in [0.3, 0.4) is 0 Å². The van der Waals surface area contributed by atoms with Crippen LogP contribution >= 0.6 is 0 Å². The van der Waals surface area contributed by atoms with E-state index in [9.17, 15) is 9.00 Å². The van der Waals surface area contributed by atoms with Crippen molar-refractivity contribution in [2.45, 2.75) is 51.7 Å². The van der Waals surface area contributed by atoms with E-state index in [-0.39, 0.29) is 10.8 Å². The van der Waals surface area contributed by atoms with Crippen molar-refractivity contribution in [2.75, 3.05) is 38.5 Å². The highest BCUT2D eigenvalue weighted by atomic mass is 32.2. The standard InChI is InChI=1S/C16H33N3O2S/c1-14-6-11-19(12-7-14)10-5-8-17-15(20)18-9-13-22(21)16(2,3)4/h14H,5-13H2,1-4H3,(H2,17,18,20)/t22-/m1/s1. The Bertz CT molecular complexity index is 361. The number of carbonyl (C=O) groups excluding carboxylic acids is 1. The summed E-state index contributed by atoms with van der Waals surface area (Å²) in [6.45, 7) is 12.7. The molecule has 0 spiro atoms. The number of likely N-dealkylation sites (tertiary alicyclic amines) is 1. The van der Waals surface area contributed by atoms with Crippen LogP contribution < -0.4 is 10.6 Å². The van der Waals surface area contributed by atoms with Gasteiger partial charge >= 0.3 is 6.03 Å². The first kappa shape index (κ1) is 19.4. The molecule has 2 amide bonds. The van der Waals surface area contributed by atoms with Crippen LogP contribution in [0.15, 0.2) is 0 Å². The van der Waals surface area contributed by atoms with Gasteiger partial charge in [-0.15, -0.1) is 0 Å². The maximum absolute atomic E-state index is 11.8. The molecule has 0 bridgehead atoms. The SMILES string of the molecule is CC1CCN(CCCNC(=O)NCC[S@@](=O)C(C)(C)C)CC1. The Labute approximate surface area is 138 Å². The fourth-order valence-corrected chi connectivity index (χ4v) is 3.32. The van der Waals surface area contributed by atoms with Gasteiger partial charge in [-0.1, -0.05) is 6.92 Å². The van der Waals surface area contributed by atoms with Crippen molar-refractivity contribution in [3.63, 3.8) is 0 Å². The van der Waals surface area contributed by atoms with Gasteiger partial charge in [0, 0.05) is 34.4 Å². The van der Waals surface area contributed by atoms with E-state index in [0.717, 1.165) is 18.9 Å². The molecule has 1 rings (SSSR count). The number of rotatable bonds is 7. The maximum Gasteiger partial charge on any atom is 0.314 e. The first-order chi connectivity index (χ1) is 10.3. The Hall–Kier alpha value is -0.620. The molecule has 130 valence electrons. The van der Waals surface area contributed by atoms with Crippen molar-refractivity contribution in [1.82, 2.24) is 15.5 Å². The highest BCUT2D eigenvalue weighted by molar-refractivity contribution is 7.86. The van der Waals surface area contributed by atoms with Crippen molar-refractivity contribution < 1.29 is 9.00 Å². The molecule has 1 fully saturated rings. The lowest BCUT2D eigenvalue weighted by Gasteiger charge is -2.30. The number of hydrogen-bond acceptors (Lipinski definition) is 3. The molecule has 0 radical (unpaired) electrons. The van der Waals surface area contributed by atoms with E-state index >= 15 is 0 Å². The summed E-state index contributed by atoms with van der Waals surface area (Å²) in [6, 6.07) is -0.154. The van der Waals surface area contributed by atoms with Crippen LogP contribution in [0.1, 0.15) is 47.0 Å². The molecule has 1 aliphatic rings. The van der Waals surface area contributed by atoms with Gasteiger partial charge in [-0.05, 0) is 65.6 Å². The van der Waals surface area contributed by atoms with E-state index < -0.39 is 10.8 Å². The number of amides is 2.